The summed E-state index contributed by atoms with van der Waals surface area (Å²) < 4.78 is 6.28. The Kier molecular flexibility index (Phi) is 4.11. The summed E-state index contributed by atoms with van der Waals surface area (Å²) in [5.41, 5.74) is 0.641. The van der Waals surface area contributed by atoms with E-state index in [1.807, 2.05) is 39.0 Å². The maximum atomic E-state index is 11.8. The predicted octanol–water partition coefficient (Wildman–Crippen LogP) is 4.44. The van der Waals surface area contributed by atoms with E-state index in [1.54, 1.807) is 4.90 Å². The lowest BCUT2D eigenvalue weighted by atomic mass is 9.92. The van der Waals surface area contributed by atoms with Crippen molar-refractivity contribution in [1.82, 2.24) is 4.90 Å². The van der Waals surface area contributed by atoms with Gasteiger partial charge in [-0.3, -0.25) is 0 Å². The highest BCUT2D eigenvalue weighted by Crippen LogP contribution is 2.34. The minimum Gasteiger partial charge on any atom is -0.444 e. The highest BCUT2D eigenvalue weighted by atomic mass is 79.9. The smallest absolute Gasteiger partial charge is 0.410 e. The van der Waals surface area contributed by atoms with E-state index in [0.717, 1.165) is 15.1 Å². The number of hydrogen-bond acceptors (Lipinski definition) is 2. The number of hydrogen-bond donors (Lipinski definition) is 0. The van der Waals surface area contributed by atoms with Crippen molar-refractivity contribution >= 4 is 33.6 Å². The van der Waals surface area contributed by atoms with Crippen LogP contribution in [0.25, 0.3) is 0 Å². The molecule has 0 unspecified atom stereocenters. The molecular weight excluding hydrogens is 330 g/mol. The summed E-state index contributed by atoms with van der Waals surface area (Å²) in [7, 11) is 0. The van der Waals surface area contributed by atoms with E-state index in [0.29, 0.717) is 19.0 Å². The molecule has 1 saturated heterocycles. The van der Waals surface area contributed by atoms with Gasteiger partial charge in [0.1, 0.15) is 5.60 Å². The van der Waals surface area contributed by atoms with Crippen molar-refractivity contribution in [3.05, 3.63) is 33.3 Å². The van der Waals surface area contributed by atoms with Gasteiger partial charge in [0, 0.05) is 28.5 Å². The van der Waals surface area contributed by atoms with Gasteiger partial charge in [0.15, 0.2) is 0 Å². The molecule has 1 aromatic rings. The molecule has 0 saturated carbocycles. The van der Waals surface area contributed by atoms with Crippen LogP contribution >= 0.6 is 27.5 Å². The van der Waals surface area contributed by atoms with Crippen molar-refractivity contribution in [2.24, 2.45) is 0 Å². The van der Waals surface area contributed by atoms with Crippen LogP contribution in [-0.2, 0) is 4.74 Å². The molecule has 0 spiro atoms. The molecule has 1 fully saturated rings. The van der Waals surface area contributed by atoms with Gasteiger partial charge in [-0.15, -0.1) is 0 Å². The number of halogens is 2. The molecule has 0 radical (unpaired) electrons. The second-order valence-electron chi connectivity index (χ2n) is 5.75. The zero-order chi connectivity index (χ0) is 14.2. The Bertz CT molecular complexity index is 493. The molecule has 104 valence electrons. The maximum absolute atomic E-state index is 11.8. The number of likely N-dealkylation sites (tertiary alicyclic amines) is 1. The van der Waals surface area contributed by atoms with Crippen LogP contribution < -0.4 is 0 Å². The lowest BCUT2D eigenvalue weighted by Gasteiger charge is -2.40. The quantitative estimate of drug-likeness (QED) is 0.752. The van der Waals surface area contributed by atoms with E-state index >= 15 is 0 Å². The average molecular weight is 347 g/mol. The Labute approximate surface area is 127 Å². The molecule has 5 heteroatoms. The first-order chi connectivity index (χ1) is 8.76. The Morgan fingerprint density at radius 1 is 1.42 bits per heavy atom. The van der Waals surface area contributed by atoms with Crippen LogP contribution in [0.5, 0.6) is 0 Å². The van der Waals surface area contributed by atoms with Gasteiger partial charge in [-0.05, 0) is 38.5 Å². The average Bonchev–Trinajstić information content (AvgIpc) is 2.16. The maximum Gasteiger partial charge on any atom is 0.410 e. The second kappa shape index (κ2) is 5.33. The van der Waals surface area contributed by atoms with Crippen LogP contribution in [0.15, 0.2) is 22.7 Å². The van der Waals surface area contributed by atoms with E-state index in [2.05, 4.69) is 15.9 Å². The summed E-state index contributed by atoms with van der Waals surface area (Å²) in [6, 6.07) is 5.86. The molecule has 1 aliphatic rings. The lowest BCUT2D eigenvalue weighted by Crippen LogP contribution is -2.50. The second-order valence-corrected chi connectivity index (χ2v) is 7.07. The number of ether oxygens (including phenoxy) is 1. The minimum absolute atomic E-state index is 0.253. The molecule has 0 aliphatic carbocycles. The SMILES string of the molecule is CC(C)(C)OC(=O)N1CC(c2ccc(Br)cc2Cl)C1. The number of amides is 1. The first-order valence-electron chi connectivity index (χ1n) is 6.19. The molecule has 0 aromatic heterocycles. The molecule has 0 atom stereocenters. The van der Waals surface area contributed by atoms with Gasteiger partial charge in [-0.1, -0.05) is 33.6 Å². The van der Waals surface area contributed by atoms with E-state index < -0.39 is 5.60 Å². The summed E-state index contributed by atoms with van der Waals surface area (Å²) in [5, 5.41) is 0.739. The van der Waals surface area contributed by atoms with Gasteiger partial charge in [-0.2, -0.15) is 0 Å². The van der Waals surface area contributed by atoms with Crippen LogP contribution in [0.1, 0.15) is 32.3 Å². The summed E-state index contributed by atoms with van der Waals surface area (Å²) in [6.45, 7) is 6.93. The third kappa shape index (κ3) is 3.63. The molecule has 0 bridgehead atoms. The molecule has 3 nitrogen and oxygen atoms in total. The Hall–Kier alpha value is -0.740. The third-order valence-electron chi connectivity index (χ3n) is 2.94. The van der Waals surface area contributed by atoms with Gasteiger partial charge in [0.25, 0.3) is 0 Å². The zero-order valence-electron chi connectivity index (χ0n) is 11.2. The monoisotopic (exact) mass is 345 g/mol. The fourth-order valence-electron chi connectivity index (χ4n) is 1.98. The van der Waals surface area contributed by atoms with Crippen LogP contribution in [0.4, 0.5) is 4.79 Å². The van der Waals surface area contributed by atoms with Crippen LogP contribution in [0.3, 0.4) is 0 Å². The van der Waals surface area contributed by atoms with Gasteiger partial charge >= 0.3 is 6.09 Å². The van der Waals surface area contributed by atoms with Crippen molar-refractivity contribution < 1.29 is 9.53 Å². The summed E-state index contributed by atoms with van der Waals surface area (Å²) in [6.07, 6.45) is -0.253. The van der Waals surface area contributed by atoms with Crippen LogP contribution in [-0.4, -0.2) is 29.7 Å². The van der Waals surface area contributed by atoms with Gasteiger partial charge in [0.2, 0.25) is 0 Å². The highest BCUT2D eigenvalue weighted by molar-refractivity contribution is 9.10. The number of nitrogens with zero attached hydrogens (tertiary/aromatic N) is 1. The van der Waals surface area contributed by atoms with Gasteiger partial charge in [-0.25, -0.2) is 4.79 Å². The summed E-state index contributed by atoms with van der Waals surface area (Å²) in [5.74, 6) is 0.299. The lowest BCUT2D eigenvalue weighted by molar-refractivity contribution is 0.00820. The normalized spacial score (nSPS) is 16.2. The van der Waals surface area contributed by atoms with Crippen LogP contribution in [0.2, 0.25) is 5.02 Å². The van der Waals surface area contributed by atoms with Crippen molar-refractivity contribution in [1.29, 1.82) is 0 Å². The standard InChI is InChI=1S/C14H17BrClNO2/c1-14(2,3)19-13(18)17-7-9(8-17)11-5-4-10(15)6-12(11)16/h4-6,9H,7-8H2,1-3H3. The van der Waals surface area contributed by atoms with Crippen molar-refractivity contribution in [2.45, 2.75) is 32.3 Å². The first-order valence-corrected chi connectivity index (χ1v) is 7.36. The van der Waals surface area contributed by atoms with E-state index in [-0.39, 0.29) is 6.09 Å². The minimum atomic E-state index is -0.447. The van der Waals surface area contributed by atoms with E-state index in [4.69, 9.17) is 16.3 Å². The van der Waals surface area contributed by atoms with Crippen molar-refractivity contribution in [2.75, 3.05) is 13.1 Å². The topological polar surface area (TPSA) is 29.5 Å². The molecule has 1 heterocycles. The van der Waals surface area contributed by atoms with Gasteiger partial charge < -0.3 is 9.64 Å². The Morgan fingerprint density at radius 2 is 2.05 bits per heavy atom. The number of benzene rings is 1. The fraction of sp³-hybridized carbons (Fsp3) is 0.500. The van der Waals surface area contributed by atoms with Gasteiger partial charge in [0.05, 0.1) is 0 Å². The third-order valence-corrected chi connectivity index (χ3v) is 3.76. The predicted molar refractivity (Wildman–Crippen MR) is 79.7 cm³/mol. The van der Waals surface area contributed by atoms with Crippen molar-refractivity contribution in [3.8, 4) is 0 Å². The van der Waals surface area contributed by atoms with E-state index in [9.17, 15) is 4.79 Å². The molecule has 1 amide bonds. The zero-order valence-corrected chi connectivity index (χ0v) is 13.6. The Morgan fingerprint density at radius 3 is 2.58 bits per heavy atom. The van der Waals surface area contributed by atoms with Crippen LogP contribution in [0, 0.1) is 0 Å². The fourth-order valence-corrected chi connectivity index (χ4v) is 2.81. The number of carbonyl (C=O) groups is 1. The first kappa shape index (κ1) is 14.7. The molecule has 0 N–H and O–H groups in total. The summed E-state index contributed by atoms with van der Waals surface area (Å²) >= 11 is 9.59. The number of carbonyl (C=O) groups excluding carboxylic acids is 1. The van der Waals surface area contributed by atoms with Crippen molar-refractivity contribution in [3.63, 3.8) is 0 Å². The Balaban J connectivity index is 1.94. The van der Waals surface area contributed by atoms with E-state index in [1.165, 1.54) is 0 Å². The molecule has 1 aromatic carbocycles. The summed E-state index contributed by atoms with van der Waals surface area (Å²) in [4.78, 5) is 13.5. The largest absolute Gasteiger partial charge is 0.444 e. The molecule has 2 rings (SSSR count). The molecule has 1 aliphatic heterocycles. The number of rotatable bonds is 1. The molecular formula is C14H17BrClNO2. The molecule has 19 heavy (non-hydrogen) atoms. The highest BCUT2D eigenvalue weighted by Gasteiger charge is 2.35.